The zero-order valence-corrected chi connectivity index (χ0v) is 12.0. The molecule has 5 nitrogen and oxygen atoms in total. The molecule has 20 heavy (non-hydrogen) atoms. The van der Waals surface area contributed by atoms with Gasteiger partial charge in [0.25, 0.3) is 0 Å². The molecule has 0 fully saturated rings. The second-order valence-electron chi connectivity index (χ2n) is 5.48. The molecule has 1 aliphatic heterocycles. The lowest BCUT2D eigenvalue weighted by Gasteiger charge is -2.27. The SMILES string of the molecule is CCCN1C(=O)C(C)(C)COc2cc(N=C=O)ccc21. The Bertz CT molecular complexity index is 574. The van der Waals surface area contributed by atoms with Crippen molar-refractivity contribution in [2.75, 3.05) is 18.1 Å². The van der Waals surface area contributed by atoms with Gasteiger partial charge in [-0.05, 0) is 32.4 Å². The number of benzene rings is 1. The summed E-state index contributed by atoms with van der Waals surface area (Å²) in [5, 5.41) is 0. The van der Waals surface area contributed by atoms with Crippen LogP contribution in [-0.2, 0) is 9.59 Å². The van der Waals surface area contributed by atoms with Crippen molar-refractivity contribution >= 4 is 23.4 Å². The normalized spacial score (nSPS) is 16.8. The molecule has 0 N–H and O–H groups in total. The number of hydrogen-bond acceptors (Lipinski definition) is 4. The smallest absolute Gasteiger partial charge is 0.240 e. The van der Waals surface area contributed by atoms with Crippen LogP contribution in [-0.4, -0.2) is 25.1 Å². The lowest BCUT2D eigenvalue weighted by atomic mass is 9.93. The maximum Gasteiger partial charge on any atom is 0.240 e. The number of fused-ring (bicyclic) bond motifs is 1. The zero-order chi connectivity index (χ0) is 14.8. The summed E-state index contributed by atoms with van der Waals surface area (Å²) in [5.74, 6) is 0.624. The van der Waals surface area contributed by atoms with E-state index in [2.05, 4.69) is 4.99 Å². The van der Waals surface area contributed by atoms with Crippen molar-refractivity contribution in [1.82, 2.24) is 0 Å². The van der Waals surface area contributed by atoms with Crippen molar-refractivity contribution in [3.8, 4) is 5.75 Å². The van der Waals surface area contributed by atoms with Crippen LogP contribution in [0.5, 0.6) is 5.75 Å². The van der Waals surface area contributed by atoms with E-state index in [1.165, 1.54) is 6.08 Å². The van der Waals surface area contributed by atoms with Gasteiger partial charge in [0.05, 0.1) is 16.8 Å². The Labute approximate surface area is 118 Å². The van der Waals surface area contributed by atoms with Crippen molar-refractivity contribution in [3.63, 3.8) is 0 Å². The summed E-state index contributed by atoms with van der Waals surface area (Å²) in [6, 6.07) is 5.11. The van der Waals surface area contributed by atoms with Crippen LogP contribution >= 0.6 is 0 Å². The van der Waals surface area contributed by atoms with Crippen LogP contribution in [0.3, 0.4) is 0 Å². The molecule has 0 saturated carbocycles. The Kier molecular flexibility index (Phi) is 3.91. The minimum Gasteiger partial charge on any atom is -0.490 e. The molecule has 0 unspecified atom stereocenters. The number of hydrogen-bond donors (Lipinski definition) is 0. The number of carbonyl (C=O) groups excluding carboxylic acids is 2. The highest BCUT2D eigenvalue weighted by Crippen LogP contribution is 2.38. The first-order valence-electron chi connectivity index (χ1n) is 6.66. The molecule has 1 heterocycles. The molecule has 2 rings (SSSR count). The van der Waals surface area contributed by atoms with Gasteiger partial charge in [-0.3, -0.25) is 4.79 Å². The summed E-state index contributed by atoms with van der Waals surface area (Å²) >= 11 is 0. The van der Waals surface area contributed by atoms with E-state index in [4.69, 9.17) is 4.74 Å². The third kappa shape index (κ3) is 2.58. The number of anilines is 1. The molecule has 0 spiro atoms. The van der Waals surface area contributed by atoms with Gasteiger partial charge in [-0.15, -0.1) is 0 Å². The van der Waals surface area contributed by atoms with Gasteiger partial charge in [0, 0.05) is 12.6 Å². The van der Waals surface area contributed by atoms with Gasteiger partial charge in [0.15, 0.2) is 0 Å². The van der Waals surface area contributed by atoms with Crippen LogP contribution in [0.25, 0.3) is 0 Å². The van der Waals surface area contributed by atoms with E-state index in [1.807, 2.05) is 20.8 Å². The molecular weight excluding hydrogens is 256 g/mol. The third-order valence-electron chi connectivity index (χ3n) is 3.27. The Balaban J connectivity index is 2.51. The summed E-state index contributed by atoms with van der Waals surface area (Å²) in [4.78, 5) is 28.3. The summed E-state index contributed by atoms with van der Waals surface area (Å²) in [5.41, 5.74) is 0.622. The quantitative estimate of drug-likeness (QED) is 0.629. The lowest BCUT2D eigenvalue weighted by molar-refractivity contribution is -0.127. The lowest BCUT2D eigenvalue weighted by Crippen LogP contribution is -2.42. The number of amides is 1. The maximum absolute atomic E-state index is 12.6. The molecule has 1 aromatic rings. The van der Waals surface area contributed by atoms with Crippen LogP contribution in [0.1, 0.15) is 27.2 Å². The Hall–Kier alpha value is -2.13. The molecule has 0 atom stereocenters. The molecule has 0 bridgehead atoms. The fourth-order valence-electron chi connectivity index (χ4n) is 2.20. The maximum atomic E-state index is 12.6. The number of ether oxygens (including phenoxy) is 1. The monoisotopic (exact) mass is 274 g/mol. The second-order valence-corrected chi connectivity index (χ2v) is 5.48. The Morgan fingerprint density at radius 3 is 2.85 bits per heavy atom. The summed E-state index contributed by atoms with van der Waals surface area (Å²) in [6.45, 7) is 6.70. The fourth-order valence-corrected chi connectivity index (χ4v) is 2.20. The minimum atomic E-state index is -0.581. The van der Waals surface area contributed by atoms with Crippen LogP contribution in [0.4, 0.5) is 11.4 Å². The molecule has 1 aromatic carbocycles. The largest absolute Gasteiger partial charge is 0.490 e. The van der Waals surface area contributed by atoms with Gasteiger partial charge >= 0.3 is 0 Å². The zero-order valence-electron chi connectivity index (χ0n) is 12.0. The van der Waals surface area contributed by atoms with E-state index in [0.717, 1.165) is 12.1 Å². The van der Waals surface area contributed by atoms with E-state index in [9.17, 15) is 9.59 Å². The molecule has 5 heteroatoms. The molecule has 0 radical (unpaired) electrons. The van der Waals surface area contributed by atoms with Gasteiger partial charge in [0.1, 0.15) is 12.4 Å². The number of aliphatic imine (C=N–C) groups is 1. The number of isocyanates is 1. The standard InChI is InChI=1S/C15H18N2O3/c1-4-7-17-12-6-5-11(16-10-18)8-13(12)20-9-15(2,3)14(17)19/h5-6,8H,4,7,9H2,1-3H3. The molecular formula is C15H18N2O3. The molecule has 1 aliphatic rings. The van der Waals surface area contributed by atoms with E-state index < -0.39 is 5.41 Å². The van der Waals surface area contributed by atoms with E-state index >= 15 is 0 Å². The van der Waals surface area contributed by atoms with Gasteiger partial charge in [-0.1, -0.05) is 6.92 Å². The molecule has 106 valence electrons. The first-order chi connectivity index (χ1) is 9.49. The van der Waals surface area contributed by atoms with Gasteiger partial charge in [-0.2, -0.15) is 4.99 Å². The van der Waals surface area contributed by atoms with Crippen LogP contribution in [0.15, 0.2) is 23.2 Å². The molecule has 0 saturated heterocycles. The number of rotatable bonds is 3. The summed E-state index contributed by atoms with van der Waals surface area (Å²) < 4.78 is 5.75. The van der Waals surface area contributed by atoms with E-state index in [0.29, 0.717) is 24.6 Å². The minimum absolute atomic E-state index is 0.0461. The number of carbonyl (C=O) groups is 1. The van der Waals surface area contributed by atoms with Crippen molar-refractivity contribution in [2.24, 2.45) is 10.4 Å². The third-order valence-corrected chi connectivity index (χ3v) is 3.27. The highest BCUT2D eigenvalue weighted by atomic mass is 16.5. The first-order valence-corrected chi connectivity index (χ1v) is 6.66. The van der Waals surface area contributed by atoms with Crippen molar-refractivity contribution in [2.45, 2.75) is 27.2 Å². The summed E-state index contributed by atoms with van der Waals surface area (Å²) in [6.07, 6.45) is 2.36. The average Bonchev–Trinajstić information content (AvgIpc) is 2.50. The van der Waals surface area contributed by atoms with Crippen molar-refractivity contribution in [3.05, 3.63) is 18.2 Å². The van der Waals surface area contributed by atoms with Gasteiger partial charge in [0.2, 0.25) is 12.0 Å². The second kappa shape index (κ2) is 5.47. The molecule has 0 aliphatic carbocycles. The van der Waals surface area contributed by atoms with Crippen LogP contribution < -0.4 is 9.64 Å². The van der Waals surface area contributed by atoms with Crippen LogP contribution in [0.2, 0.25) is 0 Å². The Morgan fingerprint density at radius 2 is 2.20 bits per heavy atom. The van der Waals surface area contributed by atoms with Crippen LogP contribution in [0, 0.1) is 5.41 Å². The van der Waals surface area contributed by atoms with E-state index in [-0.39, 0.29) is 5.91 Å². The molecule has 1 amide bonds. The Morgan fingerprint density at radius 1 is 1.45 bits per heavy atom. The van der Waals surface area contributed by atoms with E-state index in [1.54, 1.807) is 23.1 Å². The average molecular weight is 274 g/mol. The first kappa shape index (κ1) is 14.3. The highest BCUT2D eigenvalue weighted by molar-refractivity contribution is 5.99. The van der Waals surface area contributed by atoms with Gasteiger partial charge in [-0.25, -0.2) is 4.79 Å². The predicted octanol–water partition coefficient (Wildman–Crippen LogP) is 2.82. The highest BCUT2D eigenvalue weighted by Gasteiger charge is 2.37. The number of nitrogens with zero attached hydrogens (tertiary/aromatic N) is 2. The molecule has 0 aromatic heterocycles. The van der Waals surface area contributed by atoms with Crippen molar-refractivity contribution < 1.29 is 14.3 Å². The predicted molar refractivity (Wildman–Crippen MR) is 76.1 cm³/mol. The van der Waals surface area contributed by atoms with Gasteiger partial charge < -0.3 is 9.64 Å². The topological polar surface area (TPSA) is 59.0 Å². The van der Waals surface area contributed by atoms with Crippen molar-refractivity contribution in [1.29, 1.82) is 0 Å². The summed E-state index contributed by atoms with van der Waals surface area (Å²) in [7, 11) is 0. The fraction of sp³-hybridized carbons (Fsp3) is 0.467.